The molecule has 3 rings (SSSR count). The van der Waals surface area contributed by atoms with E-state index in [1.165, 1.54) is 44.7 Å². The van der Waals surface area contributed by atoms with Crippen molar-refractivity contribution in [2.75, 3.05) is 36.8 Å². The third kappa shape index (κ3) is 11.8. The van der Waals surface area contributed by atoms with Gasteiger partial charge in [0, 0.05) is 47.4 Å². The van der Waals surface area contributed by atoms with Crippen molar-refractivity contribution in [1.29, 1.82) is 0 Å². The van der Waals surface area contributed by atoms with E-state index in [-0.39, 0.29) is 51.9 Å². The summed E-state index contributed by atoms with van der Waals surface area (Å²) in [4.78, 5) is 52.9. The summed E-state index contributed by atoms with van der Waals surface area (Å²) in [7, 11) is -0.487. The smallest absolute Gasteiger partial charge is 0.305 e. The summed E-state index contributed by atoms with van der Waals surface area (Å²) in [5.41, 5.74) is 7.29. The highest BCUT2D eigenvalue weighted by molar-refractivity contribution is 7.93. The lowest BCUT2D eigenvalue weighted by atomic mass is 10.1. The number of amides is 2. The first-order valence-electron chi connectivity index (χ1n) is 14.5. The number of aromatic nitrogens is 1. The summed E-state index contributed by atoms with van der Waals surface area (Å²) in [6.07, 6.45) is 3.05. The van der Waals surface area contributed by atoms with Gasteiger partial charge in [-0.05, 0) is 68.1 Å². The largest absolute Gasteiger partial charge is 0.469 e. The molecular weight excluding hydrogens is 651 g/mol. The Kier molecular flexibility index (Phi) is 13.9. The first-order chi connectivity index (χ1) is 22.4. The second kappa shape index (κ2) is 17.8. The van der Waals surface area contributed by atoms with E-state index in [9.17, 15) is 27.8 Å². The lowest BCUT2D eigenvalue weighted by Gasteiger charge is -2.10. The Labute approximate surface area is 277 Å². The fraction of sp³-hybridized carbons (Fsp3) is 0.303. The number of anilines is 2. The van der Waals surface area contributed by atoms with Crippen LogP contribution in [0, 0.1) is 17.7 Å². The molecule has 0 atom stereocenters. The number of pyridine rings is 1. The molecule has 0 aliphatic rings. The molecule has 0 saturated heterocycles. The monoisotopic (exact) mass is 684 g/mol. The van der Waals surface area contributed by atoms with Crippen LogP contribution in [0.2, 0.25) is 5.02 Å². The topological polar surface area (TPSA) is 167 Å². The average Bonchev–Trinajstić information content (AvgIpc) is 3.06. The number of nitrogens with one attached hydrogen (secondary N) is 1. The van der Waals surface area contributed by atoms with Crippen LogP contribution < -0.4 is 11.1 Å². The number of nitrogens with zero attached hydrogens (tertiary/aromatic N) is 2. The number of carbonyl (C=O) groups excluding carboxylic acids is 4. The van der Waals surface area contributed by atoms with E-state index in [0.717, 1.165) is 6.07 Å². The van der Waals surface area contributed by atoms with Gasteiger partial charge < -0.3 is 20.5 Å². The fourth-order valence-electron chi connectivity index (χ4n) is 4.14. The molecular formula is C33H34ClFN4O7S. The minimum atomic E-state index is -3.05. The van der Waals surface area contributed by atoms with Gasteiger partial charge in [0.1, 0.15) is 11.6 Å². The molecule has 14 heteroatoms. The summed E-state index contributed by atoms with van der Waals surface area (Å²) >= 11 is 5.79. The zero-order valence-corrected chi connectivity index (χ0v) is 27.4. The van der Waals surface area contributed by atoms with Crippen LogP contribution in [0.1, 0.15) is 70.4 Å². The predicted molar refractivity (Wildman–Crippen MR) is 177 cm³/mol. The van der Waals surface area contributed by atoms with Crippen molar-refractivity contribution in [3.8, 4) is 11.8 Å². The number of unbranched alkanes of at least 4 members (excludes halogenated alkanes) is 2. The van der Waals surface area contributed by atoms with E-state index < -0.39 is 39.3 Å². The van der Waals surface area contributed by atoms with Crippen molar-refractivity contribution in [2.45, 2.75) is 38.5 Å². The molecule has 248 valence electrons. The Hall–Kier alpha value is -4.80. The molecule has 47 heavy (non-hydrogen) atoms. The van der Waals surface area contributed by atoms with E-state index in [4.69, 9.17) is 17.3 Å². The summed E-state index contributed by atoms with van der Waals surface area (Å²) in [6, 6.07) is 11.6. The maximum absolute atomic E-state index is 13.7. The van der Waals surface area contributed by atoms with E-state index >= 15 is 0 Å². The van der Waals surface area contributed by atoms with E-state index in [2.05, 4.69) is 36.0 Å². The van der Waals surface area contributed by atoms with Crippen LogP contribution in [-0.2, 0) is 28.8 Å². The second-order valence-electron chi connectivity index (χ2n) is 10.2. The Morgan fingerprint density at radius 1 is 0.936 bits per heavy atom. The molecule has 0 saturated carbocycles. The lowest BCUT2D eigenvalue weighted by molar-refractivity contribution is -0.141. The van der Waals surface area contributed by atoms with Crippen molar-refractivity contribution in [3.05, 3.63) is 87.8 Å². The molecule has 3 N–H and O–H groups in total. The van der Waals surface area contributed by atoms with E-state index in [0.29, 0.717) is 36.9 Å². The van der Waals surface area contributed by atoms with Crippen LogP contribution in [0.15, 0.2) is 59.1 Å². The summed E-state index contributed by atoms with van der Waals surface area (Å²) < 4.78 is 40.5. The van der Waals surface area contributed by atoms with Crippen LogP contribution >= 0.6 is 11.6 Å². The zero-order chi connectivity index (χ0) is 34.4. The summed E-state index contributed by atoms with van der Waals surface area (Å²) in [5.74, 6) is 3.30. The summed E-state index contributed by atoms with van der Waals surface area (Å²) in [5, 5.41) is 2.51. The van der Waals surface area contributed by atoms with Gasteiger partial charge in [0.25, 0.3) is 11.8 Å². The molecule has 11 nitrogen and oxygen atoms in total. The Bertz CT molecular complexity index is 1800. The number of esters is 2. The molecule has 0 aliphatic carbocycles. The maximum atomic E-state index is 13.7. The summed E-state index contributed by atoms with van der Waals surface area (Å²) in [6.45, 7) is 0. The average molecular weight is 685 g/mol. The van der Waals surface area contributed by atoms with Gasteiger partial charge in [0.2, 0.25) is 0 Å². The van der Waals surface area contributed by atoms with Crippen LogP contribution in [0.4, 0.5) is 15.9 Å². The van der Waals surface area contributed by atoms with Crippen molar-refractivity contribution in [1.82, 2.24) is 4.98 Å². The third-order valence-corrected chi connectivity index (χ3v) is 9.34. The fourth-order valence-corrected chi connectivity index (χ4v) is 6.43. The number of nitrogen functional groups attached to an aromatic ring is 1. The number of methoxy groups -OCH3 is 2. The number of rotatable bonds is 13. The normalized spacial score (nSPS) is 10.7. The van der Waals surface area contributed by atoms with Crippen LogP contribution in [-0.4, -0.2) is 58.7 Å². The minimum absolute atomic E-state index is 0.0198. The molecule has 1 aromatic heterocycles. The van der Waals surface area contributed by atoms with Crippen molar-refractivity contribution in [2.24, 2.45) is 4.36 Å². The molecule has 0 unspecified atom stereocenters. The lowest BCUT2D eigenvalue weighted by Crippen LogP contribution is -2.15. The highest BCUT2D eigenvalue weighted by Crippen LogP contribution is 2.20. The highest BCUT2D eigenvalue weighted by Gasteiger charge is 2.16. The van der Waals surface area contributed by atoms with Gasteiger partial charge in [-0.1, -0.05) is 29.5 Å². The molecule has 0 fully saturated rings. The van der Waals surface area contributed by atoms with Crippen LogP contribution in [0.25, 0.3) is 0 Å². The SMILES string of the molecule is COC(=O)CCCCS(=O)(CCCCC(=O)OC)=NC(=O)c1cnc(N)c(C#Cc2cccc(C(=O)Nc3ccc(F)c(Cl)c3)c2)c1. The van der Waals surface area contributed by atoms with Gasteiger partial charge in [-0.3, -0.25) is 19.2 Å². The van der Waals surface area contributed by atoms with Gasteiger partial charge >= 0.3 is 11.9 Å². The first kappa shape index (κ1) is 36.7. The highest BCUT2D eigenvalue weighted by atomic mass is 35.5. The predicted octanol–water partition coefficient (Wildman–Crippen LogP) is 5.40. The van der Waals surface area contributed by atoms with Gasteiger partial charge in [0.05, 0.1) is 40.1 Å². The number of halogens is 2. The van der Waals surface area contributed by atoms with Gasteiger partial charge in [0.15, 0.2) is 0 Å². The van der Waals surface area contributed by atoms with Gasteiger partial charge in [-0.2, -0.15) is 4.36 Å². The van der Waals surface area contributed by atoms with Gasteiger partial charge in [-0.25, -0.2) is 13.6 Å². The van der Waals surface area contributed by atoms with Crippen molar-refractivity contribution in [3.63, 3.8) is 0 Å². The molecule has 3 aromatic rings. The van der Waals surface area contributed by atoms with Crippen molar-refractivity contribution < 1.29 is 37.3 Å². The van der Waals surface area contributed by atoms with Gasteiger partial charge in [-0.15, -0.1) is 0 Å². The Balaban J connectivity index is 1.79. The van der Waals surface area contributed by atoms with E-state index in [1.54, 1.807) is 18.2 Å². The number of benzene rings is 2. The van der Waals surface area contributed by atoms with Crippen molar-refractivity contribution >= 4 is 56.6 Å². The molecule has 0 aliphatic heterocycles. The number of ether oxygens (including phenoxy) is 2. The quantitative estimate of drug-likeness (QED) is 0.136. The van der Waals surface area contributed by atoms with Crippen LogP contribution in [0.3, 0.4) is 0 Å². The molecule has 2 amide bonds. The minimum Gasteiger partial charge on any atom is -0.469 e. The third-order valence-electron chi connectivity index (χ3n) is 6.70. The number of hydrogen-bond acceptors (Lipinski definition) is 9. The Morgan fingerprint density at radius 2 is 1.60 bits per heavy atom. The first-order valence-corrected chi connectivity index (χ1v) is 16.7. The van der Waals surface area contributed by atoms with Crippen LogP contribution in [0.5, 0.6) is 0 Å². The molecule has 1 heterocycles. The standard InChI is InChI=1S/C33H34ClFN4O7S/c1-45-29(40)10-3-5-16-47(44,17-6-4-11-30(41)46-2)39-33(43)25-19-23(31(36)37-21-25)13-12-22-8-7-9-24(18-22)32(42)38-26-14-15-28(35)27(34)20-26/h7-9,14-15,18-21H,3-6,10-11,16-17H2,1-2H3,(H2,36,37)(H,38,42). The maximum Gasteiger partial charge on any atom is 0.305 e. The number of carbonyl (C=O) groups is 4. The molecule has 0 radical (unpaired) electrons. The van der Waals surface area contributed by atoms with E-state index in [1.807, 2.05) is 0 Å². The zero-order valence-electron chi connectivity index (χ0n) is 25.8. The Morgan fingerprint density at radius 3 is 2.21 bits per heavy atom. The molecule has 2 aromatic carbocycles. The molecule has 0 spiro atoms. The second-order valence-corrected chi connectivity index (χ2v) is 13.2. The number of nitrogens with two attached hydrogens (primary N) is 1. The number of hydrogen-bond donors (Lipinski definition) is 2. The molecule has 0 bridgehead atoms.